The van der Waals surface area contributed by atoms with Gasteiger partial charge in [0.1, 0.15) is 0 Å². The molecule has 1 nitrogen and oxygen atoms in total. The standard InChI is InChI=1S/C37H76OS/c1-4-6-8-10-11-12-13-14-15-16-17-18-19-20-21-22-23-24-25-26-27-28-29-30-31-32-34-36-37(39(3)38)35-33-9-7-5-2/h37H,4-36H2,1-3H3. The fourth-order valence-electron chi connectivity index (χ4n) is 6.14. The van der Waals surface area contributed by atoms with Crippen LogP contribution in [0.3, 0.4) is 0 Å². The van der Waals surface area contributed by atoms with Crippen molar-refractivity contribution in [1.29, 1.82) is 0 Å². The summed E-state index contributed by atoms with van der Waals surface area (Å²) < 4.78 is 12.0. The Balaban J connectivity index is 3.19. The Bertz CT molecular complexity index is 462. The Morgan fingerprint density at radius 1 is 0.333 bits per heavy atom. The molecule has 0 aliphatic heterocycles. The molecule has 0 saturated carbocycles. The van der Waals surface area contributed by atoms with Gasteiger partial charge in [0.15, 0.2) is 0 Å². The predicted molar refractivity (Wildman–Crippen MR) is 182 cm³/mol. The summed E-state index contributed by atoms with van der Waals surface area (Å²) in [6.45, 7) is 4.57. The summed E-state index contributed by atoms with van der Waals surface area (Å²) in [6.07, 6.45) is 48.7. The first-order valence-corrected chi connectivity index (χ1v) is 20.2. The van der Waals surface area contributed by atoms with Crippen LogP contribution in [0, 0.1) is 0 Å². The molecule has 2 unspecified atom stereocenters. The monoisotopic (exact) mass is 569 g/mol. The van der Waals surface area contributed by atoms with Gasteiger partial charge in [-0.25, -0.2) is 0 Å². The van der Waals surface area contributed by atoms with E-state index in [1.165, 1.54) is 212 Å². The molecule has 0 aliphatic carbocycles. The van der Waals surface area contributed by atoms with Crippen LogP contribution >= 0.6 is 0 Å². The quantitative estimate of drug-likeness (QED) is 0.0705. The Kier molecular flexibility index (Phi) is 34.5. The van der Waals surface area contributed by atoms with E-state index in [1.54, 1.807) is 0 Å². The normalized spacial score (nSPS) is 13.2. The maximum absolute atomic E-state index is 12.0. The van der Waals surface area contributed by atoms with Crippen LogP contribution in [0.2, 0.25) is 0 Å². The third kappa shape index (κ3) is 32.5. The molecular formula is C37H76OS. The first-order chi connectivity index (χ1) is 19.2. The molecule has 0 fully saturated rings. The maximum Gasteiger partial charge on any atom is 0.0345 e. The number of hydrogen-bond donors (Lipinski definition) is 0. The van der Waals surface area contributed by atoms with Crippen LogP contribution in [0.15, 0.2) is 0 Å². The van der Waals surface area contributed by atoms with Gasteiger partial charge in [0.25, 0.3) is 0 Å². The van der Waals surface area contributed by atoms with Crippen LogP contribution in [-0.2, 0) is 10.8 Å². The van der Waals surface area contributed by atoms with Gasteiger partial charge in [0.2, 0.25) is 0 Å². The lowest BCUT2D eigenvalue weighted by atomic mass is 10.0. The predicted octanol–water partition coefficient (Wildman–Crippen LogP) is 13.6. The lowest BCUT2D eigenvalue weighted by molar-refractivity contribution is 0.511. The molecule has 0 aromatic heterocycles. The third-order valence-corrected chi connectivity index (χ3v) is 10.4. The van der Waals surface area contributed by atoms with Crippen molar-refractivity contribution >= 4 is 10.8 Å². The van der Waals surface area contributed by atoms with Crippen LogP contribution in [0.25, 0.3) is 0 Å². The molecule has 2 heteroatoms. The van der Waals surface area contributed by atoms with E-state index in [2.05, 4.69) is 13.8 Å². The molecule has 0 bridgehead atoms. The van der Waals surface area contributed by atoms with Gasteiger partial charge in [-0.1, -0.05) is 213 Å². The molecule has 0 saturated heterocycles. The summed E-state index contributed by atoms with van der Waals surface area (Å²) in [5.74, 6) is 0. The van der Waals surface area contributed by atoms with Crippen LogP contribution in [0.5, 0.6) is 0 Å². The highest BCUT2D eigenvalue weighted by Gasteiger charge is 2.12. The maximum atomic E-state index is 12.0. The smallest absolute Gasteiger partial charge is 0.0345 e. The highest BCUT2D eigenvalue weighted by Crippen LogP contribution is 2.18. The van der Waals surface area contributed by atoms with E-state index in [-0.39, 0.29) is 0 Å². The second-order valence-electron chi connectivity index (χ2n) is 13.0. The fourth-order valence-corrected chi connectivity index (χ4v) is 7.14. The molecule has 0 aromatic rings. The lowest BCUT2D eigenvalue weighted by Gasteiger charge is -2.14. The number of unbranched alkanes of at least 4 members (excludes halogenated alkanes) is 29. The molecule has 0 radical (unpaired) electrons. The average molecular weight is 569 g/mol. The van der Waals surface area contributed by atoms with Crippen molar-refractivity contribution in [2.24, 2.45) is 0 Å². The SMILES string of the molecule is CCCCCCCCCCCCCCCCCCCCCCCCCCCCCC(CCCCCC)S(C)=O. The average Bonchev–Trinajstić information content (AvgIpc) is 2.93. The highest BCUT2D eigenvalue weighted by molar-refractivity contribution is 7.84. The molecule has 0 spiro atoms. The van der Waals surface area contributed by atoms with E-state index in [9.17, 15) is 4.21 Å². The molecule has 0 N–H and O–H groups in total. The summed E-state index contributed by atoms with van der Waals surface area (Å²) in [6, 6.07) is 0. The second-order valence-corrected chi connectivity index (χ2v) is 14.6. The van der Waals surface area contributed by atoms with Gasteiger partial charge >= 0.3 is 0 Å². The van der Waals surface area contributed by atoms with Crippen molar-refractivity contribution in [2.75, 3.05) is 6.26 Å². The zero-order valence-corrected chi connectivity index (χ0v) is 28.5. The van der Waals surface area contributed by atoms with Crippen molar-refractivity contribution in [3.8, 4) is 0 Å². The van der Waals surface area contributed by atoms with Crippen LogP contribution in [0.1, 0.15) is 226 Å². The van der Waals surface area contributed by atoms with E-state index < -0.39 is 10.8 Å². The molecule has 39 heavy (non-hydrogen) atoms. The zero-order valence-electron chi connectivity index (χ0n) is 27.7. The minimum atomic E-state index is -0.631. The Morgan fingerprint density at radius 2 is 0.513 bits per heavy atom. The first kappa shape index (κ1) is 39.1. The third-order valence-electron chi connectivity index (χ3n) is 8.98. The van der Waals surface area contributed by atoms with Crippen molar-refractivity contribution < 1.29 is 4.21 Å². The highest BCUT2D eigenvalue weighted by atomic mass is 32.2. The van der Waals surface area contributed by atoms with Gasteiger partial charge in [0, 0.05) is 22.3 Å². The number of hydrogen-bond acceptors (Lipinski definition) is 1. The van der Waals surface area contributed by atoms with Crippen LogP contribution in [-0.4, -0.2) is 15.7 Å². The Hall–Kier alpha value is 0.150. The molecule has 0 aromatic carbocycles. The van der Waals surface area contributed by atoms with Crippen molar-refractivity contribution in [2.45, 2.75) is 231 Å². The van der Waals surface area contributed by atoms with Crippen molar-refractivity contribution in [1.82, 2.24) is 0 Å². The molecule has 0 heterocycles. The minimum Gasteiger partial charge on any atom is -0.260 e. The largest absolute Gasteiger partial charge is 0.260 e. The topological polar surface area (TPSA) is 17.1 Å². The van der Waals surface area contributed by atoms with Gasteiger partial charge in [-0.3, -0.25) is 4.21 Å². The minimum absolute atomic E-state index is 0.459. The zero-order chi connectivity index (χ0) is 28.5. The van der Waals surface area contributed by atoms with E-state index in [0.717, 1.165) is 0 Å². The summed E-state index contributed by atoms with van der Waals surface area (Å²) in [5.41, 5.74) is 0. The lowest BCUT2D eigenvalue weighted by Crippen LogP contribution is -2.14. The van der Waals surface area contributed by atoms with E-state index in [4.69, 9.17) is 0 Å². The first-order valence-electron chi connectivity index (χ1n) is 18.5. The summed E-state index contributed by atoms with van der Waals surface area (Å²) in [4.78, 5) is 0. The van der Waals surface area contributed by atoms with Crippen molar-refractivity contribution in [3.05, 3.63) is 0 Å². The number of rotatable bonds is 34. The van der Waals surface area contributed by atoms with E-state index in [0.29, 0.717) is 5.25 Å². The Labute approximate surface area is 251 Å². The summed E-state index contributed by atoms with van der Waals surface area (Å²) in [7, 11) is -0.631. The summed E-state index contributed by atoms with van der Waals surface area (Å²) >= 11 is 0. The van der Waals surface area contributed by atoms with E-state index >= 15 is 0 Å². The van der Waals surface area contributed by atoms with Crippen LogP contribution in [0.4, 0.5) is 0 Å². The molecule has 0 aliphatic rings. The molecule has 2 atom stereocenters. The van der Waals surface area contributed by atoms with E-state index in [1.807, 2.05) is 6.26 Å². The summed E-state index contributed by atoms with van der Waals surface area (Å²) in [5, 5.41) is 0.459. The van der Waals surface area contributed by atoms with Crippen molar-refractivity contribution in [3.63, 3.8) is 0 Å². The van der Waals surface area contributed by atoms with Crippen LogP contribution < -0.4 is 0 Å². The van der Waals surface area contributed by atoms with Gasteiger partial charge < -0.3 is 0 Å². The molecular weight excluding hydrogens is 492 g/mol. The second kappa shape index (κ2) is 34.4. The van der Waals surface area contributed by atoms with Gasteiger partial charge in [-0.05, 0) is 12.8 Å². The van der Waals surface area contributed by atoms with Gasteiger partial charge in [-0.15, -0.1) is 0 Å². The fraction of sp³-hybridized carbons (Fsp3) is 1.00. The Morgan fingerprint density at radius 3 is 0.718 bits per heavy atom. The van der Waals surface area contributed by atoms with Gasteiger partial charge in [0.05, 0.1) is 0 Å². The molecule has 0 rings (SSSR count). The molecule has 236 valence electrons. The molecule has 0 amide bonds. The van der Waals surface area contributed by atoms with Gasteiger partial charge in [-0.2, -0.15) is 0 Å².